The first-order valence-electron chi connectivity index (χ1n) is 13.1. The molecule has 2 aromatic heterocycles. The molecule has 0 aliphatic rings. The van der Waals surface area contributed by atoms with E-state index in [1.54, 1.807) is 6.20 Å². The molecule has 0 aliphatic heterocycles. The number of carbonyl (C=O) groups excluding carboxylic acids is 3. The van der Waals surface area contributed by atoms with Gasteiger partial charge in [-0.15, -0.1) is 0 Å². The van der Waals surface area contributed by atoms with Crippen molar-refractivity contribution in [2.24, 2.45) is 11.7 Å². The number of aliphatic hydroxyl groups excluding tert-OH is 1. The van der Waals surface area contributed by atoms with Gasteiger partial charge in [0.2, 0.25) is 17.7 Å². The number of aliphatic hydroxyl groups is 1. The van der Waals surface area contributed by atoms with Crippen LogP contribution in [0.25, 0.3) is 10.9 Å². The molecule has 5 unspecified atom stereocenters. The maximum atomic E-state index is 13.6. The molecule has 0 bridgehead atoms. The zero-order valence-corrected chi connectivity index (χ0v) is 22.7. The van der Waals surface area contributed by atoms with Crippen LogP contribution < -0.4 is 21.7 Å². The number of aromatic nitrogens is 3. The highest BCUT2D eigenvalue weighted by atomic mass is 16.4. The average Bonchev–Trinajstić information content (AvgIpc) is 3.55. The van der Waals surface area contributed by atoms with E-state index in [-0.39, 0.29) is 18.8 Å². The number of carbonyl (C=O) groups is 4. The third-order valence-electron chi connectivity index (χ3n) is 6.45. The van der Waals surface area contributed by atoms with Gasteiger partial charge in [-0.25, -0.2) is 9.78 Å². The first-order chi connectivity index (χ1) is 19.0. The summed E-state index contributed by atoms with van der Waals surface area (Å²) in [6, 6.07) is 2.71. The lowest BCUT2D eigenvalue weighted by molar-refractivity contribution is -0.145. The van der Waals surface area contributed by atoms with Crippen LogP contribution in [0.3, 0.4) is 0 Å². The number of para-hydroxylation sites is 1. The quantitative estimate of drug-likeness (QED) is 0.135. The van der Waals surface area contributed by atoms with Gasteiger partial charge in [-0.1, -0.05) is 32.0 Å². The minimum atomic E-state index is -1.59. The number of amides is 3. The van der Waals surface area contributed by atoms with Crippen LogP contribution in [0.5, 0.6) is 0 Å². The number of aliphatic carboxylic acids is 1. The van der Waals surface area contributed by atoms with Gasteiger partial charge in [-0.2, -0.15) is 0 Å². The second-order valence-electron chi connectivity index (χ2n) is 10.3. The molecular formula is C27H37N7O6. The minimum Gasteiger partial charge on any atom is -0.480 e. The van der Waals surface area contributed by atoms with Crippen molar-refractivity contribution in [3.8, 4) is 0 Å². The van der Waals surface area contributed by atoms with Crippen LogP contribution in [0, 0.1) is 5.92 Å². The molecule has 5 atom stereocenters. The van der Waals surface area contributed by atoms with Gasteiger partial charge in [0.15, 0.2) is 6.04 Å². The number of benzene rings is 1. The Morgan fingerprint density at radius 2 is 1.60 bits per heavy atom. The minimum absolute atomic E-state index is 0.0513. The first kappa shape index (κ1) is 30.3. The Kier molecular flexibility index (Phi) is 10.4. The molecule has 0 radical (unpaired) electrons. The normalized spacial score (nSPS) is 15.2. The van der Waals surface area contributed by atoms with Crippen LogP contribution in [0.1, 0.15) is 38.4 Å². The summed E-state index contributed by atoms with van der Waals surface area (Å²) in [5.41, 5.74) is 8.20. The van der Waals surface area contributed by atoms with Crippen LogP contribution in [0.15, 0.2) is 43.0 Å². The van der Waals surface area contributed by atoms with E-state index in [1.807, 2.05) is 38.1 Å². The summed E-state index contributed by atoms with van der Waals surface area (Å²) in [5.74, 6) is -3.29. The topological polar surface area (TPSA) is 215 Å². The highest BCUT2D eigenvalue weighted by molar-refractivity contribution is 5.95. The Labute approximate surface area is 231 Å². The van der Waals surface area contributed by atoms with Gasteiger partial charge in [0.1, 0.15) is 12.1 Å². The number of carboxylic acid groups (broad SMARTS) is 1. The fourth-order valence-corrected chi connectivity index (χ4v) is 4.36. The Hall–Kier alpha value is -4.23. The molecule has 216 valence electrons. The molecule has 3 aromatic rings. The molecule has 0 aliphatic carbocycles. The van der Waals surface area contributed by atoms with Gasteiger partial charge >= 0.3 is 5.97 Å². The SMILES string of the molecule is CC(C)CC(N)C(=O)NC(Cc1c[nH]c2ccccc12)C(=O)NC(Cc1cnc[nH]1)C(=O)NC(C(=O)O)C(C)O. The summed E-state index contributed by atoms with van der Waals surface area (Å²) >= 11 is 0. The number of aromatic amines is 2. The number of imidazole rings is 1. The Morgan fingerprint density at radius 1 is 0.950 bits per heavy atom. The van der Waals surface area contributed by atoms with Crippen molar-refractivity contribution < 1.29 is 29.4 Å². The highest BCUT2D eigenvalue weighted by Gasteiger charge is 2.32. The van der Waals surface area contributed by atoms with E-state index in [9.17, 15) is 29.4 Å². The summed E-state index contributed by atoms with van der Waals surface area (Å²) in [7, 11) is 0. The number of hydrogen-bond donors (Lipinski definition) is 8. The van der Waals surface area contributed by atoms with Crippen molar-refractivity contribution in [3.05, 3.63) is 54.2 Å². The number of nitrogens with two attached hydrogens (primary N) is 1. The number of rotatable bonds is 14. The van der Waals surface area contributed by atoms with Gasteiger partial charge in [-0.3, -0.25) is 14.4 Å². The van der Waals surface area contributed by atoms with Crippen molar-refractivity contribution in [1.82, 2.24) is 30.9 Å². The molecule has 2 heterocycles. The molecule has 40 heavy (non-hydrogen) atoms. The second-order valence-corrected chi connectivity index (χ2v) is 10.3. The van der Waals surface area contributed by atoms with E-state index >= 15 is 0 Å². The van der Waals surface area contributed by atoms with E-state index in [0.29, 0.717) is 12.1 Å². The molecule has 0 fully saturated rings. The third kappa shape index (κ3) is 8.13. The van der Waals surface area contributed by atoms with E-state index in [4.69, 9.17) is 5.73 Å². The summed E-state index contributed by atoms with van der Waals surface area (Å²) < 4.78 is 0. The molecule has 1 aromatic carbocycles. The van der Waals surface area contributed by atoms with Crippen LogP contribution >= 0.6 is 0 Å². The maximum Gasteiger partial charge on any atom is 0.328 e. The van der Waals surface area contributed by atoms with Gasteiger partial charge in [0, 0.05) is 41.8 Å². The molecule has 0 saturated carbocycles. The largest absolute Gasteiger partial charge is 0.480 e. The summed E-state index contributed by atoms with van der Waals surface area (Å²) in [4.78, 5) is 61.2. The lowest BCUT2D eigenvalue weighted by atomic mass is 10.0. The van der Waals surface area contributed by atoms with Crippen LogP contribution in [0.4, 0.5) is 0 Å². The standard InChI is InChI=1S/C27H37N7O6/c1-14(2)8-19(28)24(36)32-21(9-16-11-30-20-7-5-4-6-18(16)20)25(37)33-22(10-17-12-29-13-31-17)26(38)34-23(15(3)35)27(39)40/h4-7,11-15,19,21-23,30,35H,8-10,28H2,1-3H3,(H,29,31)(H,32,36)(H,33,37)(H,34,38)(H,39,40). The number of carboxylic acids is 1. The van der Waals surface area contributed by atoms with E-state index in [1.165, 1.54) is 19.4 Å². The molecule has 0 saturated heterocycles. The molecular weight excluding hydrogens is 518 g/mol. The van der Waals surface area contributed by atoms with E-state index in [2.05, 4.69) is 30.9 Å². The number of nitrogens with zero attached hydrogens (tertiary/aromatic N) is 1. The van der Waals surface area contributed by atoms with Crippen molar-refractivity contribution in [2.45, 2.75) is 70.3 Å². The zero-order valence-electron chi connectivity index (χ0n) is 22.7. The second kappa shape index (κ2) is 13.7. The Bertz CT molecular complexity index is 1300. The fraction of sp³-hybridized carbons (Fsp3) is 0.444. The molecule has 9 N–H and O–H groups in total. The fourth-order valence-electron chi connectivity index (χ4n) is 4.36. The summed E-state index contributed by atoms with van der Waals surface area (Å²) in [6.45, 7) is 5.09. The number of nitrogens with one attached hydrogen (secondary N) is 5. The summed E-state index contributed by atoms with van der Waals surface area (Å²) in [6.07, 6.45) is 3.68. The van der Waals surface area contributed by atoms with Gasteiger partial charge in [0.25, 0.3) is 0 Å². The highest BCUT2D eigenvalue weighted by Crippen LogP contribution is 2.19. The predicted octanol–water partition coefficient (Wildman–Crippen LogP) is -0.0306. The molecule has 0 spiro atoms. The average molecular weight is 556 g/mol. The maximum absolute atomic E-state index is 13.6. The van der Waals surface area contributed by atoms with Gasteiger partial charge in [0.05, 0.1) is 18.5 Å². The molecule has 13 nitrogen and oxygen atoms in total. The van der Waals surface area contributed by atoms with Crippen molar-refractivity contribution >= 4 is 34.6 Å². The van der Waals surface area contributed by atoms with Crippen molar-refractivity contribution in [1.29, 1.82) is 0 Å². The van der Waals surface area contributed by atoms with Crippen LogP contribution in [0.2, 0.25) is 0 Å². The lowest BCUT2D eigenvalue weighted by Crippen LogP contribution is -2.59. The third-order valence-corrected chi connectivity index (χ3v) is 6.45. The molecule has 13 heteroatoms. The zero-order chi connectivity index (χ0) is 29.4. The smallest absolute Gasteiger partial charge is 0.328 e. The number of hydrogen-bond acceptors (Lipinski definition) is 7. The number of fused-ring (bicyclic) bond motifs is 1. The Morgan fingerprint density at radius 3 is 2.23 bits per heavy atom. The van der Waals surface area contributed by atoms with Gasteiger partial charge in [-0.05, 0) is 30.9 Å². The number of H-pyrrole nitrogens is 2. The Balaban J connectivity index is 1.87. The summed E-state index contributed by atoms with van der Waals surface area (Å²) in [5, 5.41) is 27.7. The first-order valence-corrected chi connectivity index (χ1v) is 13.1. The molecule has 3 rings (SSSR count). The van der Waals surface area contributed by atoms with E-state index < -0.39 is 54.0 Å². The van der Waals surface area contributed by atoms with Crippen molar-refractivity contribution in [3.63, 3.8) is 0 Å². The van der Waals surface area contributed by atoms with Gasteiger partial charge < -0.3 is 41.9 Å². The predicted molar refractivity (Wildman–Crippen MR) is 147 cm³/mol. The van der Waals surface area contributed by atoms with Crippen LogP contribution in [-0.4, -0.2) is 79.1 Å². The monoisotopic (exact) mass is 555 g/mol. The molecule has 3 amide bonds. The lowest BCUT2D eigenvalue weighted by Gasteiger charge is -2.26. The van der Waals surface area contributed by atoms with E-state index in [0.717, 1.165) is 16.5 Å². The van der Waals surface area contributed by atoms with Crippen LogP contribution in [-0.2, 0) is 32.0 Å². The van der Waals surface area contributed by atoms with Crippen molar-refractivity contribution in [2.75, 3.05) is 0 Å².